The maximum Gasteiger partial charge on any atom is 0.224 e. The van der Waals surface area contributed by atoms with Gasteiger partial charge in [-0.25, -0.2) is 9.97 Å². The first-order valence-corrected chi connectivity index (χ1v) is 10.8. The number of amides is 1. The molecule has 1 fully saturated rings. The first-order chi connectivity index (χ1) is 13.9. The van der Waals surface area contributed by atoms with Gasteiger partial charge in [-0.15, -0.1) is 0 Å². The molecule has 0 aliphatic carbocycles. The van der Waals surface area contributed by atoms with E-state index in [1.54, 1.807) is 0 Å². The molecule has 0 bridgehead atoms. The summed E-state index contributed by atoms with van der Waals surface area (Å²) in [5.74, 6) is 1.54. The van der Waals surface area contributed by atoms with Crippen LogP contribution in [0.25, 0.3) is 0 Å². The number of nitrogens with zero attached hydrogens (tertiary/aromatic N) is 5. The monoisotopic (exact) mass is 396 g/mol. The number of nitrogens with one attached hydrogen (secondary N) is 1. The van der Waals surface area contributed by atoms with Crippen molar-refractivity contribution in [2.24, 2.45) is 0 Å². The summed E-state index contributed by atoms with van der Waals surface area (Å²) in [6, 6.07) is 0.0743. The number of carbonyl (C=O) groups excluding carboxylic acids is 1. The van der Waals surface area contributed by atoms with Gasteiger partial charge in [-0.1, -0.05) is 0 Å². The van der Waals surface area contributed by atoms with E-state index in [1.165, 1.54) is 16.8 Å². The van der Waals surface area contributed by atoms with Crippen LogP contribution in [0.15, 0.2) is 6.20 Å². The number of likely N-dealkylation sites (tertiary alicyclic amines) is 1. The number of hydrogen-bond acceptors (Lipinski definition) is 5. The van der Waals surface area contributed by atoms with Crippen molar-refractivity contribution in [2.75, 3.05) is 19.6 Å². The molecule has 2 aromatic rings. The van der Waals surface area contributed by atoms with Crippen LogP contribution in [0.2, 0.25) is 0 Å². The molecule has 2 aromatic heterocycles. The maximum absolute atomic E-state index is 12.9. The van der Waals surface area contributed by atoms with E-state index in [9.17, 15) is 4.79 Å². The Morgan fingerprint density at radius 3 is 2.72 bits per heavy atom. The van der Waals surface area contributed by atoms with Gasteiger partial charge in [0.05, 0.1) is 11.7 Å². The smallest absolute Gasteiger partial charge is 0.224 e. The van der Waals surface area contributed by atoms with Gasteiger partial charge in [0.25, 0.3) is 0 Å². The fourth-order valence-corrected chi connectivity index (χ4v) is 4.48. The molecule has 156 valence electrons. The topological polar surface area (TPSA) is 75.9 Å². The van der Waals surface area contributed by atoms with Crippen molar-refractivity contribution in [1.29, 1.82) is 0 Å². The molecular formula is C22H32N6O. The lowest BCUT2D eigenvalue weighted by Crippen LogP contribution is -2.39. The van der Waals surface area contributed by atoms with Crippen molar-refractivity contribution < 1.29 is 4.79 Å². The molecule has 0 radical (unpaired) electrons. The van der Waals surface area contributed by atoms with Crippen molar-refractivity contribution >= 4 is 5.91 Å². The van der Waals surface area contributed by atoms with Gasteiger partial charge in [0.2, 0.25) is 5.91 Å². The second-order valence-electron chi connectivity index (χ2n) is 8.58. The molecule has 7 heteroatoms. The Morgan fingerprint density at radius 2 is 2.03 bits per heavy atom. The third-order valence-electron chi connectivity index (χ3n) is 6.61. The zero-order valence-corrected chi connectivity index (χ0v) is 18.0. The van der Waals surface area contributed by atoms with Gasteiger partial charge in [0.1, 0.15) is 5.82 Å². The quantitative estimate of drug-likeness (QED) is 0.860. The minimum Gasteiger partial charge on any atom is -0.343 e. The van der Waals surface area contributed by atoms with E-state index in [4.69, 9.17) is 4.98 Å². The summed E-state index contributed by atoms with van der Waals surface area (Å²) < 4.78 is 2.01. The third kappa shape index (κ3) is 4.06. The highest BCUT2D eigenvalue weighted by atomic mass is 16.2. The highest BCUT2D eigenvalue weighted by Gasteiger charge is 2.27. The van der Waals surface area contributed by atoms with Crippen molar-refractivity contribution in [3.63, 3.8) is 0 Å². The van der Waals surface area contributed by atoms with Gasteiger partial charge in [-0.2, -0.15) is 5.10 Å². The van der Waals surface area contributed by atoms with E-state index in [1.807, 2.05) is 22.7 Å². The minimum absolute atomic E-state index is 0.0743. The number of hydrogen-bond donors (Lipinski definition) is 1. The van der Waals surface area contributed by atoms with Crippen LogP contribution >= 0.6 is 0 Å². The SMILES string of the molecule is Cc1nn([C@@H](C)CC(=O)N2CCC(c3ncc4c(n3)CCNC4)CC2)c(C)c1C. The molecule has 0 saturated carbocycles. The average Bonchev–Trinajstić information content (AvgIpc) is 3.01. The molecular weight excluding hydrogens is 364 g/mol. The zero-order valence-electron chi connectivity index (χ0n) is 18.0. The van der Waals surface area contributed by atoms with Gasteiger partial charge in [0, 0.05) is 68.1 Å². The van der Waals surface area contributed by atoms with Crippen LogP contribution in [0.3, 0.4) is 0 Å². The summed E-state index contributed by atoms with van der Waals surface area (Å²) in [5.41, 5.74) is 5.83. The molecule has 1 atom stereocenters. The van der Waals surface area contributed by atoms with Crippen molar-refractivity contribution in [1.82, 2.24) is 30.0 Å². The van der Waals surface area contributed by atoms with Crippen LogP contribution in [0.1, 0.15) is 72.2 Å². The summed E-state index contributed by atoms with van der Waals surface area (Å²) in [4.78, 5) is 24.4. The van der Waals surface area contributed by atoms with Crippen LogP contribution in [0.5, 0.6) is 0 Å². The molecule has 1 amide bonds. The molecule has 7 nitrogen and oxygen atoms in total. The minimum atomic E-state index is 0.0743. The van der Waals surface area contributed by atoms with E-state index < -0.39 is 0 Å². The van der Waals surface area contributed by atoms with E-state index >= 15 is 0 Å². The number of aryl methyl sites for hydroxylation is 1. The molecule has 29 heavy (non-hydrogen) atoms. The molecule has 2 aliphatic rings. The molecule has 1 saturated heterocycles. The number of piperidine rings is 1. The second kappa shape index (κ2) is 8.22. The Balaban J connectivity index is 1.34. The van der Waals surface area contributed by atoms with Gasteiger partial charge in [0.15, 0.2) is 0 Å². The maximum atomic E-state index is 12.9. The van der Waals surface area contributed by atoms with E-state index in [2.05, 4.69) is 36.2 Å². The molecule has 4 heterocycles. The normalized spacial score (nSPS) is 18.6. The Bertz CT molecular complexity index is 897. The molecule has 0 aromatic carbocycles. The van der Waals surface area contributed by atoms with E-state index in [0.29, 0.717) is 12.3 Å². The molecule has 0 unspecified atom stereocenters. The number of fused-ring (bicyclic) bond motifs is 1. The standard InChI is InChI=1S/C22H32N6O/c1-14(28-17(4)15(2)16(3)26-28)11-21(29)27-9-6-18(7-10-27)22-24-13-19-12-23-8-5-20(19)25-22/h13-14,18,23H,5-12H2,1-4H3/t14-/m0/s1. The van der Waals surface area contributed by atoms with Gasteiger partial charge < -0.3 is 10.2 Å². The lowest BCUT2D eigenvalue weighted by molar-refractivity contribution is -0.133. The Labute approximate surface area is 172 Å². The van der Waals surface area contributed by atoms with Gasteiger partial charge in [-0.3, -0.25) is 9.48 Å². The van der Waals surface area contributed by atoms with Gasteiger partial charge >= 0.3 is 0 Å². The fourth-order valence-electron chi connectivity index (χ4n) is 4.48. The summed E-state index contributed by atoms with van der Waals surface area (Å²) in [6.45, 7) is 11.7. The third-order valence-corrected chi connectivity index (χ3v) is 6.61. The van der Waals surface area contributed by atoms with Crippen LogP contribution in [-0.2, 0) is 17.8 Å². The first-order valence-electron chi connectivity index (χ1n) is 10.8. The lowest BCUT2D eigenvalue weighted by atomic mass is 9.95. The summed E-state index contributed by atoms with van der Waals surface area (Å²) in [7, 11) is 0. The van der Waals surface area contributed by atoms with Gasteiger partial charge in [-0.05, 0) is 46.1 Å². The Morgan fingerprint density at radius 1 is 1.28 bits per heavy atom. The summed E-state index contributed by atoms with van der Waals surface area (Å²) in [5, 5.41) is 7.98. The number of rotatable bonds is 4. The molecule has 0 spiro atoms. The lowest BCUT2D eigenvalue weighted by Gasteiger charge is -2.32. The number of carbonyl (C=O) groups is 1. The Hall–Kier alpha value is -2.28. The predicted molar refractivity (Wildman–Crippen MR) is 112 cm³/mol. The highest BCUT2D eigenvalue weighted by Crippen LogP contribution is 2.28. The summed E-state index contributed by atoms with van der Waals surface area (Å²) in [6.07, 6.45) is 5.34. The van der Waals surface area contributed by atoms with Crippen LogP contribution in [-0.4, -0.2) is 50.2 Å². The van der Waals surface area contributed by atoms with Crippen LogP contribution < -0.4 is 5.32 Å². The van der Waals surface area contributed by atoms with E-state index in [0.717, 1.165) is 62.7 Å². The van der Waals surface area contributed by atoms with E-state index in [-0.39, 0.29) is 11.9 Å². The predicted octanol–water partition coefficient (Wildman–Crippen LogP) is 2.60. The zero-order chi connectivity index (χ0) is 20.5. The fraction of sp³-hybridized carbons (Fsp3) is 0.636. The average molecular weight is 397 g/mol. The van der Waals surface area contributed by atoms with Crippen LogP contribution in [0.4, 0.5) is 0 Å². The second-order valence-corrected chi connectivity index (χ2v) is 8.58. The van der Waals surface area contributed by atoms with Crippen molar-refractivity contribution in [2.45, 2.75) is 71.9 Å². The highest BCUT2D eigenvalue weighted by molar-refractivity contribution is 5.76. The van der Waals surface area contributed by atoms with Crippen molar-refractivity contribution in [3.05, 3.63) is 40.2 Å². The molecule has 4 rings (SSSR count). The number of aromatic nitrogens is 4. The largest absolute Gasteiger partial charge is 0.343 e. The molecule has 1 N–H and O–H groups in total. The Kier molecular flexibility index (Phi) is 5.67. The molecule has 2 aliphatic heterocycles. The first kappa shape index (κ1) is 20.0. The van der Waals surface area contributed by atoms with Crippen molar-refractivity contribution in [3.8, 4) is 0 Å². The summed E-state index contributed by atoms with van der Waals surface area (Å²) >= 11 is 0. The van der Waals surface area contributed by atoms with Crippen LogP contribution in [0, 0.1) is 20.8 Å².